The van der Waals surface area contributed by atoms with E-state index >= 15 is 0 Å². The van der Waals surface area contributed by atoms with Crippen LogP contribution in [0.5, 0.6) is 0 Å². The first-order valence-corrected chi connectivity index (χ1v) is 11.6. The second-order valence-corrected chi connectivity index (χ2v) is 8.14. The lowest BCUT2D eigenvalue weighted by Crippen LogP contribution is -2.50. The van der Waals surface area contributed by atoms with E-state index in [9.17, 15) is 4.79 Å². The van der Waals surface area contributed by atoms with E-state index in [2.05, 4.69) is 32.3 Å². The number of piperazine rings is 1. The van der Waals surface area contributed by atoms with Crippen molar-refractivity contribution < 1.29 is 9.21 Å². The van der Waals surface area contributed by atoms with Crippen molar-refractivity contribution in [2.45, 2.75) is 24.7 Å². The van der Waals surface area contributed by atoms with E-state index in [0.29, 0.717) is 38.0 Å². The van der Waals surface area contributed by atoms with Gasteiger partial charge in [-0.05, 0) is 49.1 Å². The zero-order chi connectivity index (χ0) is 21.6. The molecule has 0 saturated carbocycles. The van der Waals surface area contributed by atoms with Gasteiger partial charge >= 0.3 is 6.03 Å². The van der Waals surface area contributed by atoms with Gasteiger partial charge in [0.25, 0.3) is 5.89 Å². The number of thioether (sulfide) groups is 1. The molecular formula is C22H26N6O2S. The summed E-state index contributed by atoms with van der Waals surface area (Å²) >= 11 is 1.68. The smallest absolute Gasteiger partial charge is 0.321 e. The van der Waals surface area contributed by atoms with Gasteiger partial charge in [0, 0.05) is 49.4 Å². The molecule has 0 spiro atoms. The number of aromatic nitrogens is 3. The Labute approximate surface area is 186 Å². The molecule has 162 valence electrons. The van der Waals surface area contributed by atoms with Gasteiger partial charge in [-0.2, -0.15) is 0 Å². The number of nitrogens with one attached hydrogen (secondary N) is 1. The molecule has 1 N–H and O–H groups in total. The predicted octanol–water partition coefficient (Wildman–Crippen LogP) is 4.16. The van der Waals surface area contributed by atoms with Crippen LogP contribution in [0.4, 0.5) is 16.3 Å². The topological polar surface area (TPSA) is 87.4 Å². The number of anilines is 2. The minimum atomic E-state index is -0.0843. The summed E-state index contributed by atoms with van der Waals surface area (Å²) in [6, 6.07) is 11.6. The van der Waals surface area contributed by atoms with E-state index in [1.807, 2.05) is 47.6 Å². The predicted molar refractivity (Wildman–Crippen MR) is 123 cm³/mol. The molecule has 3 aromatic rings. The third kappa shape index (κ3) is 4.99. The molecule has 1 aromatic carbocycles. The molecule has 8 nitrogen and oxygen atoms in total. The lowest BCUT2D eigenvalue weighted by Gasteiger charge is -2.35. The molecule has 9 heteroatoms. The minimum absolute atomic E-state index is 0.0843. The fourth-order valence-corrected chi connectivity index (χ4v) is 3.90. The Kier molecular flexibility index (Phi) is 6.71. The number of hydrogen-bond acceptors (Lipinski definition) is 7. The molecule has 3 heterocycles. The van der Waals surface area contributed by atoms with Crippen LogP contribution in [-0.4, -0.2) is 58.5 Å². The lowest BCUT2D eigenvalue weighted by molar-refractivity contribution is 0.208. The molecule has 0 aliphatic carbocycles. The van der Waals surface area contributed by atoms with Crippen molar-refractivity contribution in [3.63, 3.8) is 0 Å². The SMILES string of the molecule is CCCc1nnc(-c2cccnc2N2CCN(C(=O)Nc3ccc(SC)cc3)CC2)o1. The van der Waals surface area contributed by atoms with E-state index in [-0.39, 0.29) is 6.03 Å². The van der Waals surface area contributed by atoms with Crippen molar-refractivity contribution >= 4 is 29.3 Å². The first kappa shape index (κ1) is 21.2. The summed E-state index contributed by atoms with van der Waals surface area (Å²) in [6.07, 6.45) is 5.51. The average Bonchev–Trinajstić information content (AvgIpc) is 3.28. The number of carbonyl (C=O) groups excluding carboxylic acids is 1. The molecule has 1 saturated heterocycles. The van der Waals surface area contributed by atoms with Gasteiger partial charge in [0.05, 0.1) is 5.56 Å². The van der Waals surface area contributed by atoms with Gasteiger partial charge in [-0.1, -0.05) is 6.92 Å². The number of pyridine rings is 1. The highest BCUT2D eigenvalue weighted by Gasteiger charge is 2.25. The van der Waals surface area contributed by atoms with Crippen molar-refractivity contribution in [1.29, 1.82) is 0 Å². The van der Waals surface area contributed by atoms with Crippen molar-refractivity contribution in [2.75, 3.05) is 42.7 Å². The van der Waals surface area contributed by atoms with E-state index < -0.39 is 0 Å². The average molecular weight is 439 g/mol. The van der Waals surface area contributed by atoms with Crippen LogP contribution >= 0.6 is 11.8 Å². The van der Waals surface area contributed by atoms with Gasteiger partial charge in [-0.25, -0.2) is 9.78 Å². The van der Waals surface area contributed by atoms with Gasteiger partial charge in [-0.15, -0.1) is 22.0 Å². The highest BCUT2D eigenvalue weighted by atomic mass is 32.2. The number of benzene rings is 1. The molecule has 1 aliphatic heterocycles. The van der Waals surface area contributed by atoms with Gasteiger partial charge < -0.3 is 19.5 Å². The van der Waals surface area contributed by atoms with Crippen LogP contribution in [0, 0.1) is 0 Å². The maximum Gasteiger partial charge on any atom is 0.321 e. The summed E-state index contributed by atoms with van der Waals surface area (Å²) in [7, 11) is 0. The maximum atomic E-state index is 12.7. The summed E-state index contributed by atoms with van der Waals surface area (Å²) < 4.78 is 5.82. The Morgan fingerprint density at radius 3 is 2.61 bits per heavy atom. The van der Waals surface area contributed by atoms with Crippen LogP contribution in [0.2, 0.25) is 0 Å². The highest BCUT2D eigenvalue weighted by Crippen LogP contribution is 2.29. The van der Waals surface area contributed by atoms with Crippen LogP contribution in [0.15, 0.2) is 51.9 Å². The molecule has 2 aromatic heterocycles. The Bertz CT molecular complexity index is 1010. The summed E-state index contributed by atoms with van der Waals surface area (Å²) in [4.78, 5) is 22.4. The Morgan fingerprint density at radius 1 is 1.13 bits per heavy atom. The molecule has 0 bridgehead atoms. The second kappa shape index (κ2) is 9.82. The molecule has 4 rings (SSSR count). The summed E-state index contributed by atoms with van der Waals surface area (Å²) in [5.41, 5.74) is 1.63. The zero-order valence-corrected chi connectivity index (χ0v) is 18.6. The van der Waals surface area contributed by atoms with E-state index in [4.69, 9.17) is 4.42 Å². The fourth-order valence-electron chi connectivity index (χ4n) is 3.49. The van der Waals surface area contributed by atoms with Gasteiger partial charge in [0.1, 0.15) is 5.82 Å². The third-order valence-electron chi connectivity index (χ3n) is 5.16. The Morgan fingerprint density at radius 2 is 1.90 bits per heavy atom. The number of nitrogens with zero attached hydrogens (tertiary/aromatic N) is 5. The monoisotopic (exact) mass is 438 g/mol. The number of hydrogen-bond donors (Lipinski definition) is 1. The largest absolute Gasteiger partial charge is 0.421 e. The quantitative estimate of drug-likeness (QED) is 0.578. The van der Waals surface area contributed by atoms with Crippen LogP contribution in [-0.2, 0) is 6.42 Å². The summed E-state index contributed by atoms with van der Waals surface area (Å²) in [5.74, 6) is 1.93. The van der Waals surface area contributed by atoms with Crippen LogP contribution in [0.25, 0.3) is 11.5 Å². The number of rotatable bonds is 6. The second-order valence-electron chi connectivity index (χ2n) is 7.26. The summed E-state index contributed by atoms with van der Waals surface area (Å²) in [5, 5.41) is 11.3. The number of amides is 2. The molecule has 0 radical (unpaired) electrons. The van der Waals surface area contributed by atoms with Crippen molar-refractivity contribution in [3.05, 3.63) is 48.5 Å². The normalized spacial score (nSPS) is 14.0. The number of aryl methyl sites for hydroxylation is 1. The van der Waals surface area contributed by atoms with Crippen LogP contribution < -0.4 is 10.2 Å². The molecule has 31 heavy (non-hydrogen) atoms. The van der Waals surface area contributed by atoms with E-state index in [1.165, 1.54) is 4.90 Å². The molecule has 1 fully saturated rings. The first-order chi connectivity index (χ1) is 15.2. The third-order valence-corrected chi connectivity index (χ3v) is 5.90. The molecule has 2 amide bonds. The van der Waals surface area contributed by atoms with Gasteiger partial charge in [-0.3, -0.25) is 0 Å². The van der Waals surface area contributed by atoms with Gasteiger partial charge in [0.2, 0.25) is 5.89 Å². The standard InChI is InChI=1S/C22H26N6O2S/c1-3-5-19-25-26-21(30-19)18-6-4-11-23-20(18)27-12-14-28(15-13-27)22(29)24-16-7-9-17(31-2)10-8-16/h4,6-11H,3,5,12-15H2,1-2H3,(H,24,29). The van der Waals surface area contributed by atoms with Crippen LogP contribution in [0.1, 0.15) is 19.2 Å². The van der Waals surface area contributed by atoms with E-state index in [0.717, 1.165) is 29.9 Å². The zero-order valence-electron chi connectivity index (χ0n) is 17.7. The molecule has 0 atom stereocenters. The number of urea groups is 1. The molecule has 1 aliphatic rings. The lowest BCUT2D eigenvalue weighted by atomic mass is 10.2. The van der Waals surface area contributed by atoms with Crippen molar-refractivity contribution in [1.82, 2.24) is 20.1 Å². The first-order valence-electron chi connectivity index (χ1n) is 10.4. The fraction of sp³-hybridized carbons (Fsp3) is 0.364. The summed E-state index contributed by atoms with van der Waals surface area (Å²) in [6.45, 7) is 4.65. The maximum absolute atomic E-state index is 12.7. The van der Waals surface area contributed by atoms with Crippen molar-refractivity contribution in [3.8, 4) is 11.5 Å². The number of carbonyl (C=O) groups is 1. The van der Waals surface area contributed by atoms with Crippen molar-refractivity contribution in [2.24, 2.45) is 0 Å². The highest BCUT2D eigenvalue weighted by molar-refractivity contribution is 7.98. The molecular weight excluding hydrogens is 412 g/mol. The molecule has 0 unspecified atom stereocenters. The Hall–Kier alpha value is -3.07. The Balaban J connectivity index is 1.40. The van der Waals surface area contributed by atoms with Crippen LogP contribution in [0.3, 0.4) is 0 Å². The van der Waals surface area contributed by atoms with Gasteiger partial charge in [0.15, 0.2) is 0 Å². The van der Waals surface area contributed by atoms with E-state index in [1.54, 1.807) is 18.0 Å². The minimum Gasteiger partial charge on any atom is -0.421 e.